The van der Waals surface area contributed by atoms with Gasteiger partial charge in [0.05, 0.1) is 30.3 Å². The lowest BCUT2D eigenvalue weighted by Crippen LogP contribution is -2.40. The average Bonchev–Trinajstić information content (AvgIpc) is 3.57. The number of carbonyl (C=O) groups is 3. The molecule has 5 aliphatic rings. The highest BCUT2D eigenvalue weighted by Crippen LogP contribution is 2.65. The molecule has 3 amide bonds. The summed E-state index contributed by atoms with van der Waals surface area (Å²) in [7, 11) is 1.54. The summed E-state index contributed by atoms with van der Waals surface area (Å²) >= 11 is 0. The van der Waals surface area contributed by atoms with Gasteiger partial charge in [0.15, 0.2) is 0 Å². The Morgan fingerprint density at radius 3 is 2.32 bits per heavy atom. The minimum absolute atomic E-state index is 0.123. The van der Waals surface area contributed by atoms with Crippen molar-refractivity contribution in [1.82, 2.24) is 0 Å². The quantitative estimate of drug-likeness (QED) is 0.614. The smallest absolute Gasteiger partial charge is 0.255 e. The Bertz CT molecular complexity index is 1120. The molecule has 1 saturated heterocycles. The van der Waals surface area contributed by atoms with Crippen LogP contribution in [-0.2, 0) is 9.59 Å². The van der Waals surface area contributed by atoms with E-state index in [2.05, 4.69) is 17.5 Å². The molecule has 6 heteroatoms. The number of methoxy groups -OCH3 is 1. The highest BCUT2D eigenvalue weighted by Gasteiger charge is 2.67. The van der Waals surface area contributed by atoms with Gasteiger partial charge in [0, 0.05) is 5.56 Å². The molecule has 0 radical (unpaired) electrons. The van der Waals surface area contributed by atoms with Crippen LogP contribution < -0.4 is 15.0 Å². The van der Waals surface area contributed by atoms with Crippen LogP contribution in [0.25, 0.3) is 0 Å². The normalized spacial score (nSPS) is 32.0. The topological polar surface area (TPSA) is 75.7 Å². The lowest BCUT2D eigenvalue weighted by Gasteiger charge is -2.37. The van der Waals surface area contributed by atoms with Crippen LogP contribution in [0.4, 0.5) is 11.4 Å². The number of carbonyl (C=O) groups excluding carboxylic acids is 3. The molecule has 31 heavy (non-hydrogen) atoms. The van der Waals surface area contributed by atoms with Crippen molar-refractivity contribution in [3.05, 3.63) is 66.2 Å². The molecule has 0 unspecified atom stereocenters. The molecule has 1 heterocycles. The van der Waals surface area contributed by atoms with Crippen LogP contribution in [0.15, 0.2) is 60.7 Å². The minimum atomic E-state index is -0.328. The van der Waals surface area contributed by atoms with Crippen LogP contribution in [0.5, 0.6) is 5.75 Å². The first-order valence-corrected chi connectivity index (χ1v) is 10.7. The average molecular weight is 414 g/mol. The molecule has 7 rings (SSSR count). The lowest BCUT2D eigenvalue weighted by atomic mass is 9.63. The molecule has 2 aromatic rings. The maximum atomic E-state index is 13.3. The molecule has 4 aliphatic carbocycles. The monoisotopic (exact) mass is 414 g/mol. The van der Waals surface area contributed by atoms with Gasteiger partial charge >= 0.3 is 0 Å². The molecule has 1 N–H and O–H groups in total. The van der Waals surface area contributed by atoms with Gasteiger partial charge in [-0.1, -0.05) is 30.4 Å². The van der Waals surface area contributed by atoms with Crippen molar-refractivity contribution < 1.29 is 19.1 Å². The molecule has 1 aliphatic heterocycles. The van der Waals surface area contributed by atoms with Crippen molar-refractivity contribution in [2.45, 2.75) is 6.42 Å². The van der Waals surface area contributed by atoms with E-state index in [0.717, 1.165) is 6.42 Å². The highest BCUT2D eigenvalue weighted by atomic mass is 16.5. The number of hydrogen-bond acceptors (Lipinski definition) is 4. The van der Waals surface area contributed by atoms with Crippen molar-refractivity contribution in [1.29, 1.82) is 0 Å². The number of anilines is 2. The molecule has 2 saturated carbocycles. The molecular formula is C25H22N2O4. The Hall–Kier alpha value is -3.41. The first-order valence-electron chi connectivity index (χ1n) is 10.7. The molecule has 2 aromatic carbocycles. The Kier molecular flexibility index (Phi) is 3.88. The van der Waals surface area contributed by atoms with Gasteiger partial charge in [-0.05, 0) is 60.4 Å². The summed E-state index contributed by atoms with van der Waals surface area (Å²) in [5.41, 5.74) is 1.40. The molecule has 3 fully saturated rings. The van der Waals surface area contributed by atoms with Crippen LogP contribution in [-0.4, -0.2) is 24.8 Å². The summed E-state index contributed by atoms with van der Waals surface area (Å²) in [5.74, 6) is 0.959. The van der Waals surface area contributed by atoms with Crippen molar-refractivity contribution in [2.75, 3.05) is 17.3 Å². The third-order valence-corrected chi connectivity index (χ3v) is 7.38. The number of rotatable bonds is 4. The van der Waals surface area contributed by atoms with E-state index in [-0.39, 0.29) is 41.4 Å². The number of para-hydroxylation sites is 2. The largest absolute Gasteiger partial charge is 0.495 e. The zero-order chi connectivity index (χ0) is 21.3. The van der Waals surface area contributed by atoms with Gasteiger partial charge in [0.25, 0.3) is 5.91 Å². The van der Waals surface area contributed by atoms with Gasteiger partial charge in [-0.2, -0.15) is 0 Å². The maximum absolute atomic E-state index is 13.3. The van der Waals surface area contributed by atoms with Crippen molar-refractivity contribution in [3.63, 3.8) is 0 Å². The number of hydrogen-bond donors (Lipinski definition) is 1. The Balaban J connectivity index is 1.29. The van der Waals surface area contributed by atoms with Crippen LogP contribution in [0.2, 0.25) is 0 Å². The fourth-order valence-electron chi connectivity index (χ4n) is 5.94. The summed E-state index contributed by atoms with van der Waals surface area (Å²) in [4.78, 5) is 40.8. The van der Waals surface area contributed by atoms with E-state index in [4.69, 9.17) is 4.74 Å². The Morgan fingerprint density at radius 2 is 1.65 bits per heavy atom. The van der Waals surface area contributed by atoms with Crippen LogP contribution in [0.1, 0.15) is 16.8 Å². The summed E-state index contributed by atoms with van der Waals surface area (Å²) in [5, 5.41) is 2.84. The Morgan fingerprint density at radius 1 is 0.968 bits per heavy atom. The number of ether oxygens (including phenoxy) is 1. The first-order chi connectivity index (χ1) is 15.1. The van der Waals surface area contributed by atoms with E-state index in [0.29, 0.717) is 34.5 Å². The van der Waals surface area contributed by atoms with Gasteiger partial charge in [-0.3, -0.25) is 14.4 Å². The van der Waals surface area contributed by atoms with E-state index >= 15 is 0 Å². The van der Waals surface area contributed by atoms with Gasteiger partial charge in [0.1, 0.15) is 5.75 Å². The van der Waals surface area contributed by atoms with Crippen molar-refractivity contribution in [3.8, 4) is 5.75 Å². The molecule has 2 bridgehead atoms. The van der Waals surface area contributed by atoms with Crippen LogP contribution in [0.3, 0.4) is 0 Å². The lowest BCUT2D eigenvalue weighted by molar-refractivity contribution is -0.124. The zero-order valence-electron chi connectivity index (χ0n) is 17.0. The zero-order valence-corrected chi connectivity index (χ0v) is 17.0. The van der Waals surface area contributed by atoms with E-state index in [1.807, 2.05) is 12.1 Å². The number of benzene rings is 2. The second-order valence-corrected chi connectivity index (χ2v) is 8.87. The number of allylic oxidation sites excluding steroid dienone is 2. The fraction of sp³-hybridized carbons (Fsp3) is 0.320. The SMILES string of the molecule is COc1ccccc1NC(=O)c1cccc(N2C(=O)[C@@H]3[C@H]4C=C[C@@H]([C@@H]5C[C@H]45)[C@H]3C2=O)c1. The highest BCUT2D eigenvalue weighted by molar-refractivity contribution is 6.23. The molecule has 0 aromatic heterocycles. The molecule has 6 atom stereocenters. The van der Waals surface area contributed by atoms with E-state index < -0.39 is 0 Å². The predicted octanol–water partition coefficient (Wildman–Crippen LogP) is 3.51. The van der Waals surface area contributed by atoms with E-state index in [9.17, 15) is 14.4 Å². The molecular weight excluding hydrogens is 392 g/mol. The van der Waals surface area contributed by atoms with Gasteiger partial charge in [-0.15, -0.1) is 0 Å². The third-order valence-electron chi connectivity index (χ3n) is 7.38. The summed E-state index contributed by atoms with van der Waals surface area (Å²) in [6.45, 7) is 0. The van der Waals surface area contributed by atoms with Crippen molar-refractivity contribution in [2.24, 2.45) is 35.5 Å². The van der Waals surface area contributed by atoms with E-state index in [1.54, 1.807) is 43.5 Å². The maximum Gasteiger partial charge on any atom is 0.255 e. The number of nitrogens with zero attached hydrogens (tertiary/aromatic N) is 1. The molecule has 156 valence electrons. The van der Waals surface area contributed by atoms with Gasteiger partial charge in [-0.25, -0.2) is 4.90 Å². The summed E-state index contributed by atoms with van der Waals surface area (Å²) in [6.07, 6.45) is 5.45. The number of amides is 3. The van der Waals surface area contributed by atoms with E-state index in [1.165, 1.54) is 4.90 Å². The number of nitrogens with one attached hydrogen (secondary N) is 1. The van der Waals surface area contributed by atoms with Gasteiger partial charge in [0.2, 0.25) is 11.8 Å². The van der Waals surface area contributed by atoms with Crippen LogP contribution in [0, 0.1) is 35.5 Å². The third kappa shape index (κ3) is 2.60. The fourth-order valence-corrected chi connectivity index (χ4v) is 5.94. The number of imide groups is 1. The molecule has 6 nitrogen and oxygen atoms in total. The summed E-state index contributed by atoms with van der Waals surface area (Å²) < 4.78 is 5.29. The first kappa shape index (κ1) is 18.4. The molecule has 0 spiro atoms. The minimum Gasteiger partial charge on any atom is -0.495 e. The predicted molar refractivity (Wildman–Crippen MR) is 115 cm³/mol. The van der Waals surface area contributed by atoms with Crippen LogP contribution >= 0.6 is 0 Å². The second kappa shape index (κ2) is 6.54. The summed E-state index contributed by atoms with van der Waals surface area (Å²) in [6, 6.07) is 13.9. The second-order valence-electron chi connectivity index (χ2n) is 8.87. The van der Waals surface area contributed by atoms with Gasteiger partial charge < -0.3 is 10.1 Å². The Labute approximate surface area is 179 Å². The van der Waals surface area contributed by atoms with Crippen molar-refractivity contribution >= 4 is 29.1 Å². The standard InChI is InChI=1S/C25H22N2O4/c1-31-20-8-3-2-7-19(20)26-23(28)13-5-4-6-14(11-13)27-24(29)21-15-9-10-16(18-12-17(15)18)22(21)25(27)30/h2-11,15-18,21-22H,12H2,1H3,(H,26,28)/t15-,16-,17-,18+,21+,22+/m0/s1.